The van der Waals surface area contributed by atoms with Crippen LogP contribution in [0.4, 0.5) is 0 Å². The molecule has 0 spiro atoms. The molecule has 72 valence electrons. The van der Waals surface area contributed by atoms with Crippen LogP contribution in [0.2, 0.25) is 0 Å². The number of halogens is 2. The fourth-order valence-electron chi connectivity index (χ4n) is 1.31. The van der Waals surface area contributed by atoms with E-state index in [-0.39, 0.29) is 12.4 Å². The fourth-order valence-corrected chi connectivity index (χ4v) is 1.71. The van der Waals surface area contributed by atoms with E-state index in [4.69, 9.17) is 0 Å². The van der Waals surface area contributed by atoms with Crippen LogP contribution in [0.3, 0.4) is 0 Å². The summed E-state index contributed by atoms with van der Waals surface area (Å²) in [6, 6.07) is 6.13. The molecule has 1 fully saturated rings. The van der Waals surface area contributed by atoms with Crippen molar-refractivity contribution in [1.29, 1.82) is 0 Å². The van der Waals surface area contributed by atoms with Gasteiger partial charge >= 0.3 is 0 Å². The highest BCUT2D eigenvalue weighted by molar-refractivity contribution is 9.10. The van der Waals surface area contributed by atoms with E-state index >= 15 is 0 Å². The zero-order chi connectivity index (χ0) is 8.55. The number of nitrogens with one attached hydrogen (secondary N) is 1. The van der Waals surface area contributed by atoms with Crippen molar-refractivity contribution in [3.05, 3.63) is 28.2 Å². The molecule has 4 heteroatoms. The minimum atomic E-state index is 0. The smallest absolute Gasteiger partial charge is 0.129 e. The molecule has 0 aliphatic carbocycles. The molecule has 1 aliphatic heterocycles. The summed E-state index contributed by atoms with van der Waals surface area (Å²) in [4.78, 5) is 0. The molecular weight excluding hydrogens is 253 g/mol. The van der Waals surface area contributed by atoms with Crippen LogP contribution in [-0.4, -0.2) is 11.7 Å². The van der Waals surface area contributed by atoms with E-state index in [0.717, 1.165) is 11.0 Å². The number of hydrogen-bond donors (Lipinski definition) is 2. The van der Waals surface area contributed by atoms with E-state index in [0.29, 0.717) is 11.8 Å². The Balaban J connectivity index is 0.000000845. The monoisotopic (exact) mass is 263 g/mol. The van der Waals surface area contributed by atoms with E-state index < -0.39 is 0 Å². The highest BCUT2D eigenvalue weighted by atomic mass is 79.9. The Labute approximate surface area is 91.9 Å². The maximum Gasteiger partial charge on any atom is 0.129 e. The van der Waals surface area contributed by atoms with Crippen LogP contribution in [0.15, 0.2) is 22.7 Å². The van der Waals surface area contributed by atoms with Crippen molar-refractivity contribution in [3.63, 3.8) is 0 Å². The second-order valence-corrected chi connectivity index (χ2v) is 3.86. The summed E-state index contributed by atoms with van der Waals surface area (Å²) >= 11 is 3.29. The van der Waals surface area contributed by atoms with Crippen molar-refractivity contribution in [2.24, 2.45) is 0 Å². The zero-order valence-corrected chi connectivity index (χ0v) is 9.36. The molecule has 1 aliphatic rings. The van der Waals surface area contributed by atoms with Gasteiger partial charge in [0.1, 0.15) is 5.75 Å². The van der Waals surface area contributed by atoms with Crippen LogP contribution in [0.5, 0.6) is 5.75 Å². The highest BCUT2D eigenvalue weighted by Crippen LogP contribution is 2.30. The Bertz CT molecular complexity index is 302. The summed E-state index contributed by atoms with van der Waals surface area (Å²) in [5, 5.41) is 12.6. The number of aromatic hydroxyl groups is 1. The molecule has 2 rings (SSSR count). The summed E-state index contributed by atoms with van der Waals surface area (Å²) in [6.45, 7) is 1.10. The lowest BCUT2D eigenvalue weighted by Gasteiger charge is -2.28. The van der Waals surface area contributed by atoms with Crippen molar-refractivity contribution in [1.82, 2.24) is 5.32 Å². The van der Waals surface area contributed by atoms with Crippen molar-refractivity contribution < 1.29 is 5.11 Å². The van der Waals surface area contributed by atoms with E-state index in [9.17, 15) is 5.11 Å². The molecule has 1 saturated heterocycles. The molecule has 0 bridgehead atoms. The predicted octanol–water partition coefficient (Wildman–Crippen LogP) is 2.61. The van der Waals surface area contributed by atoms with Crippen molar-refractivity contribution in [2.45, 2.75) is 12.5 Å². The Morgan fingerprint density at radius 1 is 1.46 bits per heavy atom. The molecule has 2 nitrogen and oxygen atoms in total. The lowest BCUT2D eigenvalue weighted by atomic mass is 9.98. The third-order valence-electron chi connectivity index (χ3n) is 2.20. The standard InChI is InChI=1S/C9H10BrNO.ClH/c10-7-5-6(1-2-9(7)12)8-3-4-11-8;/h1-2,5,8,11-12H,3-4H2;1H/t8-;/m0./s1. The molecule has 13 heavy (non-hydrogen) atoms. The van der Waals surface area contributed by atoms with E-state index in [1.54, 1.807) is 6.07 Å². The molecule has 0 unspecified atom stereocenters. The van der Waals surface area contributed by atoms with Crippen LogP contribution in [0.25, 0.3) is 0 Å². The van der Waals surface area contributed by atoms with Gasteiger partial charge in [-0.25, -0.2) is 0 Å². The number of phenolic OH excluding ortho intramolecular Hbond substituents is 1. The minimum Gasteiger partial charge on any atom is -0.507 e. The maximum atomic E-state index is 9.25. The van der Waals surface area contributed by atoms with Gasteiger partial charge in [0.25, 0.3) is 0 Å². The van der Waals surface area contributed by atoms with Crippen LogP contribution >= 0.6 is 28.3 Å². The number of phenols is 1. The Kier molecular flexibility index (Phi) is 3.59. The van der Waals surface area contributed by atoms with Crippen molar-refractivity contribution in [2.75, 3.05) is 6.54 Å². The summed E-state index contributed by atoms with van der Waals surface area (Å²) in [5.74, 6) is 0.304. The summed E-state index contributed by atoms with van der Waals surface area (Å²) in [7, 11) is 0. The molecule has 0 aromatic heterocycles. The highest BCUT2D eigenvalue weighted by Gasteiger charge is 2.18. The summed E-state index contributed by atoms with van der Waals surface area (Å²) in [6.07, 6.45) is 1.19. The predicted molar refractivity (Wildman–Crippen MR) is 58.4 cm³/mol. The topological polar surface area (TPSA) is 32.3 Å². The van der Waals surface area contributed by atoms with Crippen molar-refractivity contribution in [3.8, 4) is 5.75 Å². The Morgan fingerprint density at radius 3 is 2.62 bits per heavy atom. The normalized spacial score (nSPS) is 20.2. The molecule has 2 N–H and O–H groups in total. The quantitative estimate of drug-likeness (QED) is 0.817. The van der Waals surface area contributed by atoms with Gasteiger partial charge in [0.2, 0.25) is 0 Å². The summed E-state index contributed by atoms with van der Waals surface area (Å²) in [5.41, 5.74) is 1.24. The second kappa shape index (κ2) is 4.31. The first-order chi connectivity index (χ1) is 5.77. The van der Waals surface area contributed by atoms with Crippen LogP contribution < -0.4 is 5.32 Å². The van der Waals surface area contributed by atoms with Gasteiger partial charge in [0, 0.05) is 6.04 Å². The van der Waals surface area contributed by atoms with Crippen LogP contribution in [0, 0.1) is 0 Å². The van der Waals surface area contributed by atoms with Gasteiger partial charge in [-0.05, 0) is 46.6 Å². The lowest BCUT2D eigenvalue weighted by Crippen LogP contribution is -2.34. The van der Waals surface area contributed by atoms with Gasteiger partial charge < -0.3 is 10.4 Å². The fraction of sp³-hybridized carbons (Fsp3) is 0.333. The largest absolute Gasteiger partial charge is 0.507 e. The van der Waals surface area contributed by atoms with Gasteiger partial charge in [0.05, 0.1) is 4.47 Å². The Hall–Kier alpha value is -0.250. The average molecular weight is 265 g/mol. The van der Waals surface area contributed by atoms with E-state index in [2.05, 4.69) is 21.2 Å². The minimum absolute atomic E-state index is 0. The first kappa shape index (κ1) is 10.8. The first-order valence-corrected chi connectivity index (χ1v) is 4.78. The molecule has 1 heterocycles. The number of hydrogen-bond acceptors (Lipinski definition) is 2. The molecule has 1 atom stereocenters. The van der Waals surface area contributed by atoms with Gasteiger partial charge in [-0.3, -0.25) is 0 Å². The van der Waals surface area contributed by atoms with Crippen LogP contribution in [0.1, 0.15) is 18.0 Å². The molecule has 0 amide bonds. The molecule has 1 aromatic carbocycles. The molecule has 1 aromatic rings. The van der Waals surface area contributed by atoms with Gasteiger partial charge in [0.15, 0.2) is 0 Å². The van der Waals surface area contributed by atoms with E-state index in [1.165, 1.54) is 12.0 Å². The zero-order valence-electron chi connectivity index (χ0n) is 6.96. The summed E-state index contributed by atoms with van der Waals surface area (Å²) < 4.78 is 0.772. The van der Waals surface area contributed by atoms with Crippen molar-refractivity contribution >= 4 is 28.3 Å². The Morgan fingerprint density at radius 2 is 2.15 bits per heavy atom. The average Bonchev–Trinajstić information content (AvgIpc) is 1.93. The van der Waals surface area contributed by atoms with Gasteiger partial charge in [-0.2, -0.15) is 0 Å². The number of benzene rings is 1. The van der Waals surface area contributed by atoms with Crippen LogP contribution in [-0.2, 0) is 0 Å². The maximum absolute atomic E-state index is 9.25. The molecule has 0 saturated carbocycles. The second-order valence-electron chi connectivity index (χ2n) is 3.01. The van der Waals surface area contributed by atoms with Gasteiger partial charge in [-0.15, -0.1) is 12.4 Å². The molecule has 0 radical (unpaired) electrons. The van der Waals surface area contributed by atoms with Gasteiger partial charge in [-0.1, -0.05) is 6.07 Å². The number of rotatable bonds is 1. The third-order valence-corrected chi connectivity index (χ3v) is 2.83. The SMILES string of the molecule is Cl.Oc1ccc([C@@H]2CCN2)cc1Br. The van der Waals surface area contributed by atoms with E-state index in [1.807, 2.05) is 12.1 Å². The molecular formula is C9H11BrClNO. The first-order valence-electron chi connectivity index (χ1n) is 3.99. The lowest BCUT2D eigenvalue weighted by molar-refractivity contribution is 0.382. The third kappa shape index (κ3) is 2.16.